The molecule has 2 fully saturated rings. The number of piperidine rings is 1. The number of aliphatic hydroxyl groups is 1. The summed E-state index contributed by atoms with van der Waals surface area (Å²) in [5.41, 5.74) is -0.799. The van der Waals surface area contributed by atoms with Crippen LogP contribution in [-0.2, 0) is 4.79 Å². The fourth-order valence-electron chi connectivity index (χ4n) is 3.52. The first-order valence-electron chi connectivity index (χ1n) is 7.79. The van der Waals surface area contributed by atoms with Gasteiger partial charge in [0.05, 0.1) is 12.1 Å². The zero-order chi connectivity index (χ0) is 15.6. The van der Waals surface area contributed by atoms with Crippen molar-refractivity contribution in [1.29, 1.82) is 0 Å². The fraction of sp³-hybridized carbons (Fsp3) is 0.867. The van der Waals surface area contributed by atoms with Crippen molar-refractivity contribution < 1.29 is 19.8 Å². The number of carbonyl (C=O) groups is 2. The van der Waals surface area contributed by atoms with Gasteiger partial charge in [-0.25, -0.2) is 9.59 Å². The maximum Gasteiger partial charge on any atom is 0.326 e. The Kier molecular flexibility index (Phi) is 4.76. The summed E-state index contributed by atoms with van der Waals surface area (Å²) in [4.78, 5) is 26.8. The van der Waals surface area contributed by atoms with Crippen molar-refractivity contribution in [3.63, 3.8) is 0 Å². The van der Waals surface area contributed by atoms with E-state index < -0.39 is 17.6 Å². The molecule has 2 amide bonds. The van der Waals surface area contributed by atoms with E-state index in [9.17, 15) is 19.8 Å². The second-order valence-electron chi connectivity index (χ2n) is 6.75. The van der Waals surface area contributed by atoms with Crippen LogP contribution in [0.5, 0.6) is 0 Å². The third-order valence-electron chi connectivity index (χ3n) is 4.79. The number of hydrogen-bond donors (Lipinski definition) is 2. The van der Waals surface area contributed by atoms with Crippen molar-refractivity contribution in [2.45, 2.75) is 57.1 Å². The van der Waals surface area contributed by atoms with Crippen LogP contribution < -0.4 is 0 Å². The normalized spacial score (nSPS) is 28.4. The van der Waals surface area contributed by atoms with E-state index in [0.29, 0.717) is 31.7 Å². The Morgan fingerprint density at radius 2 is 1.95 bits per heavy atom. The molecule has 0 aromatic heterocycles. The van der Waals surface area contributed by atoms with Gasteiger partial charge in [0, 0.05) is 13.6 Å². The summed E-state index contributed by atoms with van der Waals surface area (Å²) < 4.78 is 0. The van der Waals surface area contributed by atoms with E-state index in [0.717, 1.165) is 19.3 Å². The first kappa shape index (κ1) is 16.1. The van der Waals surface area contributed by atoms with Crippen LogP contribution in [0.25, 0.3) is 0 Å². The van der Waals surface area contributed by atoms with Crippen LogP contribution in [0, 0.1) is 5.92 Å². The van der Waals surface area contributed by atoms with Crippen molar-refractivity contribution >= 4 is 12.0 Å². The predicted octanol–water partition coefficient (Wildman–Crippen LogP) is 1.53. The van der Waals surface area contributed by atoms with Gasteiger partial charge >= 0.3 is 12.0 Å². The van der Waals surface area contributed by atoms with Crippen LogP contribution in [0.15, 0.2) is 0 Å². The molecule has 0 radical (unpaired) electrons. The lowest BCUT2D eigenvalue weighted by molar-refractivity contribution is -0.144. The monoisotopic (exact) mass is 298 g/mol. The Balaban J connectivity index is 2.01. The topological polar surface area (TPSA) is 81.1 Å². The van der Waals surface area contributed by atoms with Gasteiger partial charge in [0.2, 0.25) is 0 Å². The predicted molar refractivity (Wildman–Crippen MR) is 78.0 cm³/mol. The van der Waals surface area contributed by atoms with Gasteiger partial charge in [-0.15, -0.1) is 0 Å². The Labute approximate surface area is 125 Å². The molecule has 6 nitrogen and oxygen atoms in total. The van der Waals surface area contributed by atoms with Gasteiger partial charge < -0.3 is 20.0 Å². The molecule has 0 spiro atoms. The van der Waals surface area contributed by atoms with Crippen LogP contribution in [0.1, 0.15) is 45.4 Å². The molecule has 6 heteroatoms. The average molecular weight is 298 g/mol. The van der Waals surface area contributed by atoms with E-state index in [-0.39, 0.29) is 12.6 Å². The van der Waals surface area contributed by atoms with Crippen molar-refractivity contribution in [2.75, 3.05) is 20.1 Å². The first-order valence-corrected chi connectivity index (χ1v) is 7.79. The summed E-state index contributed by atoms with van der Waals surface area (Å²) in [7, 11) is 1.65. The van der Waals surface area contributed by atoms with E-state index in [1.807, 2.05) is 6.92 Å². The first-order chi connectivity index (χ1) is 9.82. The maximum absolute atomic E-state index is 12.5. The lowest BCUT2D eigenvalue weighted by Gasteiger charge is -2.39. The number of carboxylic acids is 1. The Bertz CT molecular complexity index is 406. The smallest absolute Gasteiger partial charge is 0.326 e. The number of urea groups is 1. The highest BCUT2D eigenvalue weighted by molar-refractivity contribution is 5.82. The molecule has 1 saturated carbocycles. The van der Waals surface area contributed by atoms with E-state index in [1.54, 1.807) is 7.05 Å². The molecule has 21 heavy (non-hydrogen) atoms. The largest absolute Gasteiger partial charge is 0.480 e. The SMILES string of the molecule is CC1CCN(C(=O)N(C)CC2(O)CCCC2)C(C(=O)O)C1. The molecular formula is C15H26N2O4. The molecule has 2 unspecified atom stereocenters. The zero-order valence-electron chi connectivity index (χ0n) is 12.9. The fourth-order valence-corrected chi connectivity index (χ4v) is 3.52. The van der Waals surface area contributed by atoms with Crippen LogP contribution in [0.2, 0.25) is 0 Å². The molecule has 2 aliphatic rings. The van der Waals surface area contributed by atoms with E-state index in [1.165, 1.54) is 9.80 Å². The zero-order valence-corrected chi connectivity index (χ0v) is 12.9. The van der Waals surface area contributed by atoms with Crippen LogP contribution >= 0.6 is 0 Å². The molecular weight excluding hydrogens is 272 g/mol. The lowest BCUT2D eigenvalue weighted by atomic mass is 9.92. The van der Waals surface area contributed by atoms with Gasteiger partial charge in [-0.2, -0.15) is 0 Å². The highest BCUT2D eigenvalue weighted by atomic mass is 16.4. The van der Waals surface area contributed by atoms with Gasteiger partial charge in [-0.1, -0.05) is 19.8 Å². The van der Waals surface area contributed by atoms with E-state index >= 15 is 0 Å². The summed E-state index contributed by atoms with van der Waals surface area (Å²) in [6.45, 7) is 2.77. The standard InChI is InChI=1S/C15H26N2O4/c1-11-5-8-17(12(9-11)13(18)19)14(20)16(2)10-15(21)6-3-4-7-15/h11-12,21H,3-10H2,1-2H3,(H,18,19). The number of likely N-dealkylation sites (tertiary alicyclic amines) is 1. The molecule has 1 aliphatic heterocycles. The number of likely N-dealkylation sites (N-methyl/N-ethyl adjacent to an activating group) is 1. The molecule has 0 aromatic carbocycles. The molecule has 1 heterocycles. The molecule has 2 N–H and O–H groups in total. The number of hydrogen-bond acceptors (Lipinski definition) is 3. The molecule has 1 aliphatic carbocycles. The summed E-state index contributed by atoms with van der Waals surface area (Å²) >= 11 is 0. The highest BCUT2D eigenvalue weighted by Gasteiger charge is 2.39. The molecule has 1 saturated heterocycles. The van der Waals surface area contributed by atoms with Crippen LogP contribution in [0.3, 0.4) is 0 Å². The van der Waals surface area contributed by atoms with E-state index in [4.69, 9.17) is 0 Å². The van der Waals surface area contributed by atoms with E-state index in [2.05, 4.69) is 0 Å². The van der Waals surface area contributed by atoms with Gasteiger partial charge in [0.25, 0.3) is 0 Å². The number of aliphatic carboxylic acids is 1. The quantitative estimate of drug-likeness (QED) is 0.828. The second kappa shape index (κ2) is 6.22. The summed E-state index contributed by atoms with van der Waals surface area (Å²) in [5, 5.41) is 19.7. The van der Waals surface area contributed by atoms with Gasteiger partial charge in [0.1, 0.15) is 6.04 Å². The number of nitrogens with zero attached hydrogens (tertiary/aromatic N) is 2. The van der Waals surface area contributed by atoms with Crippen molar-refractivity contribution in [2.24, 2.45) is 5.92 Å². The minimum atomic E-state index is -0.942. The van der Waals surface area contributed by atoms with Crippen molar-refractivity contribution in [3.8, 4) is 0 Å². The summed E-state index contributed by atoms with van der Waals surface area (Å²) in [6, 6.07) is -1.03. The molecule has 2 rings (SSSR count). The number of carbonyl (C=O) groups excluding carboxylic acids is 1. The number of rotatable bonds is 3. The third kappa shape index (κ3) is 3.67. The van der Waals surface area contributed by atoms with Gasteiger partial charge in [0.15, 0.2) is 0 Å². The highest BCUT2D eigenvalue weighted by Crippen LogP contribution is 2.31. The average Bonchev–Trinajstić information content (AvgIpc) is 2.84. The minimum absolute atomic E-state index is 0.282. The van der Waals surface area contributed by atoms with Gasteiger partial charge in [-0.3, -0.25) is 0 Å². The number of carboxylic acid groups (broad SMARTS) is 1. The van der Waals surface area contributed by atoms with Crippen molar-refractivity contribution in [3.05, 3.63) is 0 Å². The molecule has 0 aromatic rings. The third-order valence-corrected chi connectivity index (χ3v) is 4.79. The Hall–Kier alpha value is -1.30. The number of amides is 2. The molecule has 0 bridgehead atoms. The van der Waals surface area contributed by atoms with Crippen LogP contribution in [-0.4, -0.2) is 63.8 Å². The Morgan fingerprint density at radius 3 is 2.52 bits per heavy atom. The maximum atomic E-state index is 12.5. The second-order valence-corrected chi connectivity index (χ2v) is 6.75. The Morgan fingerprint density at radius 1 is 1.33 bits per heavy atom. The summed E-state index contributed by atoms with van der Waals surface area (Å²) in [5.74, 6) is -0.623. The molecule has 120 valence electrons. The van der Waals surface area contributed by atoms with Gasteiger partial charge in [-0.05, 0) is 31.6 Å². The van der Waals surface area contributed by atoms with Crippen LogP contribution in [0.4, 0.5) is 4.79 Å². The van der Waals surface area contributed by atoms with Crippen molar-refractivity contribution in [1.82, 2.24) is 9.80 Å². The minimum Gasteiger partial charge on any atom is -0.480 e. The summed E-state index contributed by atoms with van der Waals surface area (Å²) in [6.07, 6.45) is 4.72. The lowest BCUT2D eigenvalue weighted by Crippen LogP contribution is -2.55. The molecule has 2 atom stereocenters.